The van der Waals surface area contributed by atoms with Crippen LogP contribution in [0.2, 0.25) is 0 Å². The summed E-state index contributed by atoms with van der Waals surface area (Å²) in [6.07, 6.45) is 2.47. The lowest BCUT2D eigenvalue weighted by Gasteiger charge is -2.32. The maximum Gasteiger partial charge on any atom is 0.266 e. The van der Waals surface area contributed by atoms with E-state index in [4.69, 9.17) is 4.98 Å². The smallest absolute Gasteiger partial charge is 0.266 e. The molecular weight excluding hydrogens is 422 g/mol. The van der Waals surface area contributed by atoms with Gasteiger partial charge in [0.2, 0.25) is 0 Å². The maximum absolute atomic E-state index is 13.7. The summed E-state index contributed by atoms with van der Waals surface area (Å²) in [4.78, 5) is 34.3. The van der Waals surface area contributed by atoms with Crippen molar-refractivity contribution in [2.45, 2.75) is 46.1 Å². The number of nitrogens with zero attached hydrogens (tertiary/aromatic N) is 3. The van der Waals surface area contributed by atoms with Crippen molar-refractivity contribution >= 4 is 16.8 Å². The Balaban J connectivity index is 1.92. The molecule has 0 bridgehead atoms. The number of aryl methyl sites for hydroxylation is 1. The van der Waals surface area contributed by atoms with Crippen LogP contribution in [0.4, 0.5) is 0 Å². The van der Waals surface area contributed by atoms with E-state index in [0.717, 1.165) is 24.1 Å². The third-order valence-electron chi connectivity index (χ3n) is 6.19. The molecule has 3 aromatic carbocycles. The molecule has 0 spiro atoms. The standard InChI is InChI=1S/C29H31N3O2/c1-4-6-20-31(28(33)22-18-16-21(3)17-19-22)26(5-2)27-30-25-15-11-10-14-24(25)29(34)32(27)23-12-8-7-9-13-23/h7-19,26H,4-6,20H2,1-3H3. The van der Waals surface area contributed by atoms with Crippen LogP contribution in [-0.2, 0) is 0 Å². The first-order valence-electron chi connectivity index (χ1n) is 12.0. The van der Waals surface area contributed by atoms with Crippen molar-refractivity contribution in [3.63, 3.8) is 0 Å². The summed E-state index contributed by atoms with van der Waals surface area (Å²) in [6.45, 7) is 6.76. The number of unbranched alkanes of at least 4 members (excludes halogenated alkanes) is 1. The van der Waals surface area contributed by atoms with Gasteiger partial charge in [0.15, 0.2) is 0 Å². The minimum absolute atomic E-state index is 0.0395. The maximum atomic E-state index is 13.7. The predicted octanol–water partition coefficient (Wildman–Crippen LogP) is 6.09. The van der Waals surface area contributed by atoms with Crippen LogP contribution in [0.5, 0.6) is 0 Å². The number of para-hydroxylation sites is 2. The van der Waals surface area contributed by atoms with Gasteiger partial charge in [-0.25, -0.2) is 4.98 Å². The van der Waals surface area contributed by atoms with Gasteiger partial charge in [-0.1, -0.05) is 68.3 Å². The molecule has 4 rings (SSSR count). The normalized spacial score (nSPS) is 12.0. The second kappa shape index (κ2) is 10.5. The molecule has 5 nitrogen and oxygen atoms in total. The van der Waals surface area contributed by atoms with E-state index in [1.807, 2.05) is 91.5 Å². The Kier molecular flexibility index (Phi) is 7.21. The quantitative estimate of drug-likeness (QED) is 0.324. The Morgan fingerprint density at radius 2 is 1.62 bits per heavy atom. The van der Waals surface area contributed by atoms with E-state index in [1.165, 1.54) is 0 Å². The Hall–Kier alpha value is -3.73. The molecule has 34 heavy (non-hydrogen) atoms. The average molecular weight is 454 g/mol. The van der Waals surface area contributed by atoms with Crippen LogP contribution in [0.15, 0.2) is 83.7 Å². The van der Waals surface area contributed by atoms with Gasteiger partial charge in [0, 0.05) is 12.1 Å². The summed E-state index contributed by atoms with van der Waals surface area (Å²) < 4.78 is 1.68. The molecule has 5 heteroatoms. The van der Waals surface area contributed by atoms with E-state index in [0.29, 0.717) is 35.3 Å². The van der Waals surface area contributed by atoms with Crippen LogP contribution >= 0.6 is 0 Å². The van der Waals surface area contributed by atoms with Gasteiger partial charge in [0.25, 0.3) is 11.5 Å². The van der Waals surface area contributed by atoms with Gasteiger partial charge in [-0.05, 0) is 56.2 Å². The van der Waals surface area contributed by atoms with Crippen molar-refractivity contribution in [1.82, 2.24) is 14.5 Å². The van der Waals surface area contributed by atoms with E-state index in [1.54, 1.807) is 10.6 Å². The molecule has 1 aromatic heterocycles. The van der Waals surface area contributed by atoms with Crippen molar-refractivity contribution in [2.75, 3.05) is 6.54 Å². The zero-order valence-corrected chi connectivity index (χ0v) is 20.1. The fourth-order valence-corrected chi connectivity index (χ4v) is 4.33. The highest BCUT2D eigenvalue weighted by atomic mass is 16.2. The van der Waals surface area contributed by atoms with Crippen LogP contribution in [0.1, 0.15) is 60.9 Å². The van der Waals surface area contributed by atoms with Crippen LogP contribution in [0.25, 0.3) is 16.6 Å². The molecule has 1 heterocycles. The summed E-state index contributed by atoms with van der Waals surface area (Å²) in [5, 5.41) is 0.565. The Morgan fingerprint density at radius 3 is 2.29 bits per heavy atom. The first-order valence-corrected chi connectivity index (χ1v) is 12.0. The van der Waals surface area contributed by atoms with Gasteiger partial charge in [0.1, 0.15) is 5.82 Å². The molecule has 1 atom stereocenters. The monoisotopic (exact) mass is 453 g/mol. The SMILES string of the molecule is CCCCN(C(=O)c1ccc(C)cc1)C(CC)c1nc2ccccc2c(=O)n1-c1ccccc1. The summed E-state index contributed by atoms with van der Waals surface area (Å²) >= 11 is 0. The number of aromatic nitrogens is 2. The molecule has 0 aliphatic heterocycles. The molecule has 1 amide bonds. The molecule has 1 unspecified atom stereocenters. The molecule has 0 radical (unpaired) electrons. The van der Waals surface area contributed by atoms with Crippen LogP contribution in [0.3, 0.4) is 0 Å². The fourth-order valence-electron chi connectivity index (χ4n) is 4.33. The first kappa shape index (κ1) is 23.4. The van der Waals surface area contributed by atoms with Gasteiger partial charge >= 0.3 is 0 Å². The van der Waals surface area contributed by atoms with Crippen LogP contribution in [-0.4, -0.2) is 26.9 Å². The Labute approximate surface area is 200 Å². The molecule has 174 valence electrons. The largest absolute Gasteiger partial charge is 0.328 e. The topological polar surface area (TPSA) is 55.2 Å². The summed E-state index contributed by atoms with van der Waals surface area (Å²) in [5.74, 6) is 0.552. The van der Waals surface area contributed by atoms with E-state index in [-0.39, 0.29) is 17.5 Å². The number of rotatable bonds is 8. The molecular formula is C29H31N3O2. The lowest BCUT2D eigenvalue weighted by Crippen LogP contribution is -2.39. The molecule has 4 aromatic rings. The highest BCUT2D eigenvalue weighted by Crippen LogP contribution is 2.28. The first-order chi connectivity index (χ1) is 16.5. The minimum Gasteiger partial charge on any atom is -0.328 e. The fraction of sp³-hybridized carbons (Fsp3) is 0.276. The number of hydrogen-bond donors (Lipinski definition) is 0. The number of carbonyl (C=O) groups is 1. The third kappa shape index (κ3) is 4.65. The second-order valence-electron chi connectivity index (χ2n) is 8.61. The van der Waals surface area contributed by atoms with Crippen LogP contribution < -0.4 is 5.56 Å². The highest BCUT2D eigenvalue weighted by molar-refractivity contribution is 5.94. The number of carbonyl (C=O) groups excluding carboxylic acids is 1. The summed E-state index contributed by atoms with van der Waals surface area (Å²) in [6, 6.07) is 24.3. The van der Waals surface area contributed by atoms with Crippen molar-refractivity contribution in [3.8, 4) is 5.69 Å². The molecule has 0 aliphatic carbocycles. The van der Waals surface area contributed by atoms with Crippen molar-refractivity contribution in [1.29, 1.82) is 0 Å². The number of hydrogen-bond acceptors (Lipinski definition) is 3. The van der Waals surface area contributed by atoms with Crippen molar-refractivity contribution in [2.24, 2.45) is 0 Å². The highest BCUT2D eigenvalue weighted by Gasteiger charge is 2.29. The van der Waals surface area contributed by atoms with Crippen molar-refractivity contribution < 1.29 is 4.79 Å². The number of fused-ring (bicyclic) bond motifs is 1. The molecule has 0 N–H and O–H groups in total. The van der Waals surface area contributed by atoms with Gasteiger partial charge < -0.3 is 4.90 Å². The lowest BCUT2D eigenvalue weighted by atomic mass is 10.1. The van der Waals surface area contributed by atoms with Gasteiger partial charge in [-0.15, -0.1) is 0 Å². The summed E-state index contributed by atoms with van der Waals surface area (Å²) in [7, 11) is 0. The van der Waals surface area contributed by atoms with Gasteiger partial charge in [-0.3, -0.25) is 14.2 Å². The van der Waals surface area contributed by atoms with Crippen LogP contribution in [0, 0.1) is 6.92 Å². The Bertz CT molecular complexity index is 1330. The molecule has 0 saturated heterocycles. The molecule has 0 aliphatic rings. The molecule has 0 fully saturated rings. The van der Waals surface area contributed by atoms with Gasteiger partial charge in [0.05, 0.1) is 22.6 Å². The van der Waals surface area contributed by atoms with Crippen molar-refractivity contribution in [3.05, 3.63) is 106 Å². The zero-order chi connectivity index (χ0) is 24.1. The predicted molar refractivity (Wildman–Crippen MR) is 137 cm³/mol. The number of benzene rings is 3. The van der Waals surface area contributed by atoms with E-state index < -0.39 is 0 Å². The molecule has 0 saturated carbocycles. The second-order valence-corrected chi connectivity index (χ2v) is 8.61. The minimum atomic E-state index is -0.349. The number of amides is 1. The van der Waals surface area contributed by atoms with Gasteiger partial charge in [-0.2, -0.15) is 0 Å². The Morgan fingerprint density at radius 1 is 0.941 bits per heavy atom. The average Bonchev–Trinajstić information content (AvgIpc) is 2.87. The van der Waals surface area contributed by atoms with E-state index >= 15 is 0 Å². The lowest BCUT2D eigenvalue weighted by molar-refractivity contribution is 0.0656. The summed E-state index contributed by atoms with van der Waals surface area (Å²) in [5.41, 5.74) is 3.03. The zero-order valence-electron chi connectivity index (χ0n) is 20.1. The third-order valence-corrected chi connectivity index (χ3v) is 6.19. The van der Waals surface area contributed by atoms with E-state index in [2.05, 4.69) is 6.92 Å². The van der Waals surface area contributed by atoms with E-state index in [9.17, 15) is 9.59 Å².